The SMILES string of the molecule is CO/C=C/[C@H](C)CCCO. The summed E-state index contributed by atoms with van der Waals surface area (Å²) in [5.74, 6) is 0.507. The van der Waals surface area contributed by atoms with Crippen LogP contribution in [0.4, 0.5) is 0 Å². The third-order valence-electron chi connectivity index (χ3n) is 1.36. The lowest BCUT2D eigenvalue weighted by Gasteiger charge is -2.02. The molecule has 0 aliphatic heterocycles. The second-order valence-electron chi connectivity index (χ2n) is 2.41. The lowest BCUT2D eigenvalue weighted by molar-refractivity contribution is 0.277. The molecule has 0 aliphatic rings. The summed E-state index contributed by atoms with van der Waals surface area (Å²) < 4.78 is 4.75. The van der Waals surface area contributed by atoms with Gasteiger partial charge in [-0.2, -0.15) is 0 Å². The molecule has 0 radical (unpaired) electrons. The first-order valence-electron chi connectivity index (χ1n) is 3.61. The van der Waals surface area contributed by atoms with Gasteiger partial charge in [-0.3, -0.25) is 0 Å². The molecule has 2 nitrogen and oxygen atoms in total. The molecule has 0 aromatic heterocycles. The summed E-state index contributed by atoms with van der Waals surface area (Å²) in [6, 6.07) is 0. The Morgan fingerprint density at radius 3 is 2.80 bits per heavy atom. The van der Waals surface area contributed by atoms with Crippen molar-refractivity contribution < 1.29 is 9.84 Å². The van der Waals surface area contributed by atoms with Crippen LogP contribution in [0.3, 0.4) is 0 Å². The van der Waals surface area contributed by atoms with Crippen molar-refractivity contribution in [1.82, 2.24) is 0 Å². The average Bonchev–Trinajstić information content (AvgIpc) is 1.97. The molecule has 0 heterocycles. The van der Waals surface area contributed by atoms with Crippen LogP contribution in [0.1, 0.15) is 19.8 Å². The molecule has 1 N–H and O–H groups in total. The van der Waals surface area contributed by atoms with Crippen molar-refractivity contribution in [2.24, 2.45) is 5.92 Å². The van der Waals surface area contributed by atoms with Gasteiger partial charge >= 0.3 is 0 Å². The van der Waals surface area contributed by atoms with E-state index in [1.807, 2.05) is 6.08 Å². The van der Waals surface area contributed by atoms with E-state index in [0.29, 0.717) is 5.92 Å². The molecule has 0 aromatic rings. The van der Waals surface area contributed by atoms with Crippen molar-refractivity contribution in [3.05, 3.63) is 12.3 Å². The highest BCUT2D eigenvalue weighted by molar-refractivity contribution is 4.79. The second kappa shape index (κ2) is 6.62. The van der Waals surface area contributed by atoms with Gasteiger partial charge in [0, 0.05) is 6.61 Å². The number of aliphatic hydroxyl groups is 1. The topological polar surface area (TPSA) is 29.5 Å². The largest absolute Gasteiger partial charge is 0.505 e. The first-order valence-corrected chi connectivity index (χ1v) is 3.61. The van der Waals surface area contributed by atoms with E-state index in [2.05, 4.69) is 6.92 Å². The minimum absolute atomic E-state index is 0.283. The van der Waals surface area contributed by atoms with Gasteiger partial charge in [0.1, 0.15) is 0 Å². The van der Waals surface area contributed by atoms with Crippen molar-refractivity contribution in [2.75, 3.05) is 13.7 Å². The number of ether oxygens (including phenoxy) is 1. The summed E-state index contributed by atoms with van der Waals surface area (Å²) in [6.07, 6.45) is 5.57. The Balaban J connectivity index is 3.24. The van der Waals surface area contributed by atoms with Crippen molar-refractivity contribution in [1.29, 1.82) is 0 Å². The summed E-state index contributed by atoms with van der Waals surface area (Å²) >= 11 is 0. The van der Waals surface area contributed by atoms with E-state index in [-0.39, 0.29) is 6.61 Å². The molecule has 10 heavy (non-hydrogen) atoms. The van der Waals surface area contributed by atoms with Gasteiger partial charge in [0.05, 0.1) is 13.4 Å². The maximum Gasteiger partial charge on any atom is 0.0787 e. The standard InChI is InChI=1S/C8H16O2/c1-8(4-3-6-9)5-7-10-2/h5,7-9H,3-4,6H2,1-2H3/b7-5+/t8-/m1/s1. The van der Waals surface area contributed by atoms with E-state index in [1.165, 1.54) is 0 Å². The molecule has 0 aliphatic carbocycles. The Kier molecular flexibility index (Phi) is 6.29. The van der Waals surface area contributed by atoms with Gasteiger partial charge in [0.25, 0.3) is 0 Å². The smallest absolute Gasteiger partial charge is 0.0787 e. The highest BCUT2D eigenvalue weighted by atomic mass is 16.5. The van der Waals surface area contributed by atoms with Crippen LogP contribution in [0.15, 0.2) is 12.3 Å². The fourth-order valence-electron chi connectivity index (χ4n) is 0.722. The number of aliphatic hydroxyl groups excluding tert-OH is 1. The molecule has 0 aromatic carbocycles. The van der Waals surface area contributed by atoms with Gasteiger partial charge in [-0.25, -0.2) is 0 Å². The maximum absolute atomic E-state index is 8.49. The fourth-order valence-corrected chi connectivity index (χ4v) is 0.722. The third-order valence-corrected chi connectivity index (χ3v) is 1.36. The predicted octanol–water partition coefficient (Wildman–Crippen LogP) is 1.56. The maximum atomic E-state index is 8.49. The summed E-state index contributed by atoms with van der Waals surface area (Å²) in [7, 11) is 1.63. The summed E-state index contributed by atoms with van der Waals surface area (Å²) in [4.78, 5) is 0. The van der Waals surface area contributed by atoms with Gasteiger partial charge in [-0.1, -0.05) is 6.92 Å². The normalized spacial score (nSPS) is 13.9. The number of allylic oxidation sites excluding steroid dienone is 1. The van der Waals surface area contributed by atoms with Crippen molar-refractivity contribution >= 4 is 0 Å². The Labute approximate surface area is 62.5 Å². The molecule has 0 fully saturated rings. The molecule has 0 bridgehead atoms. The zero-order valence-electron chi connectivity index (χ0n) is 6.71. The number of rotatable bonds is 5. The molecular formula is C8H16O2. The predicted molar refractivity (Wildman–Crippen MR) is 41.6 cm³/mol. The van der Waals surface area contributed by atoms with Crippen LogP contribution in [0.25, 0.3) is 0 Å². The molecule has 0 saturated heterocycles. The van der Waals surface area contributed by atoms with Crippen LogP contribution < -0.4 is 0 Å². The van der Waals surface area contributed by atoms with Crippen molar-refractivity contribution in [3.63, 3.8) is 0 Å². The van der Waals surface area contributed by atoms with Gasteiger partial charge in [-0.15, -0.1) is 0 Å². The number of methoxy groups -OCH3 is 1. The molecule has 0 amide bonds. The Morgan fingerprint density at radius 2 is 2.30 bits per heavy atom. The molecular weight excluding hydrogens is 128 g/mol. The van der Waals surface area contributed by atoms with Crippen molar-refractivity contribution in [2.45, 2.75) is 19.8 Å². The van der Waals surface area contributed by atoms with Gasteiger partial charge in [0.2, 0.25) is 0 Å². The Morgan fingerprint density at radius 1 is 1.60 bits per heavy atom. The van der Waals surface area contributed by atoms with Gasteiger partial charge in [0.15, 0.2) is 0 Å². The molecule has 0 rings (SSSR count). The number of hydrogen-bond acceptors (Lipinski definition) is 2. The van der Waals surface area contributed by atoms with E-state index in [0.717, 1.165) is 12.8 Å². The van der Waals surface area contributed by atoms with Crippen LogP contribution in [0.2, 0.25) is 0 Å². The van der Waals surface area contributed by atoms with Crippen LogP contribution in [-0.4, -0.2) is 18.8 Å². The summed E-state index contributed by atoms with van der Waals surface area (Å²) in [5.41, 5.74) is 0. The van der Waals surface area contributed by atoms with E-state index in [4.69, 9.17) is 9.84 Å². The van der Waals surface area contributed by atoms with E-state index >= 15 is 0 Å². The van der Waals surface area contributed by atoms with E-state index < -0.39 is 0 Å². The first kappa shape index (κ1) is 9.50. The number of hydrogen-bond donors (Lipinski definition) is 1. The van der Waals surface area contributed by atoms with E-state index in [1.54, 1.807) is 13.4 Å². The minimum atomic E-state index is 0.283. The Bertz CT molecular complexity index is 89.3. The summed E-state index contributed by atoms with van der Waals surface area (Å²) in [5, 5.41) is 8.49. The van der Waals surface area contributed by atoms with Crippen LogP contribution in [-0.2, 0) is 4.74 Å². The molecule has 0 unspecified atom stereocenters. The second-order valence-corrected chi connectivity index (χ2v) is 2.41. The first-order chi connectivity index (χ1) is 4.81. The zero-order chi connectivity index (χ0) is 7.82. The van der Waals surface area contributed by atoms with Gasteiger partial charge in [-0.05, 0) is 24.8 Å². The Hall–Kier alpha value is -0.500. The fraction of sp³-hybridized carbons (Fsp3) is 0.750. The molecule has 60 valence electrons. The van der Waals surface area contributed by atoms with Crippen LogP contribution >= 0.6 is 0 Å². The molecule has 2 heteroatoms. The third kappa shape index (κ3) is 5.63. The minimum Gasteiger partial charge on any atom is -0.505 e. The molecule has 1 atom stereocenters. The van der Waals surface area contributed by atoms with E-state index in [9.17, 15) is 0 Å². The molecule has 0 spiro atoms. The highest BCUT2D eigenvalue weighted by Gasteiger charge is 1.94. The zero-order valence-corrected chi connectivity index (χ0v) is 6.71. The summed E-state index contributed by atoms with van der Waals surface area (Å²) in [6.45, 7) is 2.39. The lowest BCUT2D eigenvalue weighted by Crippen LogP contribution is -1.92. The average molecular weight is 144 g/mol. The van der Waals surface area contributed by atoms with Crippen LogP contribution in [0.5, 0.6) is 0 Å². The monoisotopic (exact) mass is 144 g/mol. The van der Waals surface area contributed by atoms with Crippen molar-refractivity contribution in [3.8, 4) is 0 Å². The van der Waals surface area contributed by atoms with Crippen LogP contribution in [0, 0.1) is 5.92 Å². The lowest BCUT2D eigenvalue weighted by atomic mass is 10.1. The highest BCUT2D eigenvalue weighted by Crippen LogP contribution is 2.05. The van der Waals surface area contributed by atoms with Gasteiger partial charge < -0.3 is 9.84 Å². The molecule has 0 saturated carbocycles. The quantitative estimate of drug-likeness (QED) is 0.593.